The third-order valence-corrected chi connectivity index (χ3v) is 6.85. The number of aryl methyl sites for hydroxylation is 2. The summed E-state index contributed by atoms with van der Waals surface area (Å²) in [5, 5.41) is 11.0. The van der Waals surface area contributed by atoms with Crippen molar-refractivity contribution in [2.45, 2.75) is 24.9 Å². The predicted octanol–water partition coefficient (Wildman–Crippen LogP) is 1.70. The Bertz CT molecular complexity index is 928. The van der Waals surface area contributed by atoms with Crippen molar-refractivity contribution in [1.82, 2.24) is 18.8 Å². The van der Waals surface area contributed by atoms with Crippen LogP contribution in [0.3, 0.4) is 0 Å². The van der Waals surface area contributed by atoms with E-state index >= 15 is 0 Å². The summed E-state index contributed by atoms with van der Waals surface area (Å²) in [6.45, 7) is 5.56. The maximum Gasteiger partial charge on any atom is 0.269 e. The van der Waals surface area contributed by atoms with Gasteiger partial charge in [0.25, 0.3) is 15.7 Å². The maximum atomic E-state index is 12.8. The highest BCUT2D eigenvalue weighted by Gasteiger charge is 2.32. The minimum Gasteiger partial charge on any atom is -0.337 e. The van der Waals surface area contributed by atoms with E-state index in [0.717, 1.165) is 5.56 Å². The molecule has 0 spiro atoms. The van der Waals surface area contributed by atoms with Gasteiger partial charge in [-0.3, -0.25) is 15.0 Å². The van der Waals surface area contributed by atoms with Crippen molar-refractivity contribution in [3.63, 3.8) is 0 Å². The molecule has 0 saturated carbocycles. The molecule has 9 nitrogen and oxygen atoms in total. The van der Waals surface area contributed by atoms with Crippen LogP contribution in [0.5, 0.6) is 0 Å². The van der Waals surface area contributed by atoms with Gasteiger partial charge in [0.1, 0.15) is 5.82 Å². The van der Waals surface area contributed by atoms with Gasteiger partial charge in [0.05, 0.1) is 4.92 Å². The molecule has 2 heterocycles. The highest BCUT2D eigenvalue weighted by Crippen LogP contribution is 2.26. The van der Waals surface area contributed by atoms with Crippen molar-refractivity contribution in [1.29, 1.82) is 0 Å². The Labute approximate surface area is 158 Å². The van der Waals surface area contributed by atoms with Crippen LogP contribution in [0.4, 0.5) is 5.69 Å². The second kappa shape index (κ2) is 7.37. The summed E-state index contributed by atoms with van der Waals surface area (Å²) in [5.74, 6) is 0.645. The Morgan fingerprint density at radius 1 is 1.22 bits per heavy atom. The Morgan fingerprint density at radius 3 is 2.44 bits per heavy atom. The molecule has 27 heavy (non-hydrogen) atoms. The first-order chi connectivity index (χ1) is 12.7. The molecule has 1 aromatic carbocycles. The van der Waals surface area contributed by atoms with Crippen molar-refractivity contribution >= 4 is 15.7 Å². The minimum absolute atomic E-state index is 0.0353. The molecule has 0 bridgehead atoms. The molecular weight excluding hydrogens is 370 g/mol. The molecule has 1 saturated heterocycles. The minimum atomic E-state index is -3.61. The number of nitrogens with zero attached hydrogens (tertiary/aromatic N) is 5. The van der Waals surface area contributed by atoms with Crippen LogP contribution in [0.2, 0.25) is 0 Å². The summed E-state index contributed by atoms with van der Waals surface area (Å²) < 4.78 is 28.7. The standard InChI is InChI=1S/C17H23N5O4S/c1-13(15-5-4-6-16(11-15)22(23)24)20-7-9-21(10-8-20)27(25,26)17-12-19(3)14(2)18-17/h4-6,11-13H,7-10H2,1-3H3. The Kier molecular flexibility index (Phi) is 5.31. The van der Waals surface area contributed by atoms with E-state index in [0.29, 0.717) is 32.0 Å². The molecule has 0 amide bonds. The van der Waals surface area contributed by atoms with Crippen molar-refractivity contribution in [3.05, 3.63) is 52.0 Å². The van der Waals surface area contributed by atoms with Gasteiger partial charge in [-0.15, -0.1) is 0 Å². The molecule has 146 valence electrons. The molecule has 1 atom stereocenters. The number of piperazine rings is 1. The quantitative estimate of drug-likeness (QED) is 0.566. The van der Waals surface area contributed by atoms with Crippen LogP contribution in [-0.2, 0) is 17.1 Å². The van der Waals surface area contributed by atoms with Crippen LogP contribution in [0.15, 0.2) is 35.5 Å². The zero-order valence-electron chi connectivity index (χ0n) is 15.6. The summed E-state index contributed by atoms with van der Waals surface area (Å²) >= 11 is 0. The van der Waals surface area contributed by atoms with Crippen molar-refractivity contribution < 1.29 is 13.3 Å². The highest BCUT2D eigenvalue weighted by molar-refractivity contribution is 7.89. The molecule has 1 aliphatic rings. The Morgan fingerprint density at radius 2 is 1.89 bits per heavy atom. The van der Waals surface area contributed by atoms with E-state index < -0.39 is 14.9 Å². The number of hydrogen-bond donors (Lipinski definition) is 0. The molecule has 3 rings (SSSR count). The van der Waals surface area contributed by atoms with Crippen LogP contribution in [0, 0.1) is 17.0 Å². The molecule has 2 aromatic rings. The summed E-state index contributed by atoms with van der Waals surface area (Å²) in [6, 6.07) is 6.54. The topological polar surface area (TPSA) is 102 Å². The summed E-state index contributed by atoms with van der Waals surface area (Å²) in [6.07, 6.45) is 1.53. The Balaban J connectivity index is 1.69. The van der Waals surface area contributed by atoms with Crippen LogP contribution in [0.1, 0.15) is 24.4 Å². The number of nitro benzene ring substituents is 1. The van der Waals surface area contributed by atoms with E-state index in [2.05, 4.69) is 9.88 Å². The number of nitro groups is 1. The first-order valence-electron chi connectivity index (χ1n) is 8.68. The fourth-order valence-electron chi connectivity index (χ4n) is 3.22. The summed E-state index contributed by atoms with van der Waals surface area (Å²) in [5.41, 5.74) is 0.909. The number of rotatable bonds is 5. The third kappa shape index (κ3) is 3.87. The lowest BCUT2D eigenvalue weighted by Gasteiger charge is -2.37. The van der Waals surface area contributed by atoms with Crippen LogP contribution in [-0.4, -0.2) is 58.3 Å². The van der Waals surface area contributed by atoms with E-state index in [9.17, 15) is 18.5 Å². The number of imidazole rings is 1. The average Bonchev–Trinajstić information content (AvgIpc) is 3.01. The number of non-ortho nitro benzene ring substituents is 1. The number of benzene rings is 1. The maximum absolute atomic E-state index is 12.8. The zero-order valence-corrected chi connectivity index (χ0v) is 16.4. The molecule has 1 aliphatic heterocycles. The lowest BCUT2D eigenvalue weighted by molar-refractivity contribution is -0.385. The van der Waals surface area contributed by atoms with Gasteiger partial charge in [0.2, 0.25) is 0 Å². The molecular formula is C17H23N5O4S. The lowest BCUT2D eigenvalue weighted by atomic mass is 10.1. The molecule has 0 radical (unpaired) electrons. The summed E-state index contributed by atoms with van der Waals surface area (Å²) in [4.78, 5) is 16.8. The summed E-state index contributed by atoms with van der Waals surface area (Å²) in [7, 11) is -1.85. The van der Waals surface area contributed by atoms with E-state index in [1.165, 1.54) is 16.6 Å². The monoisotopic (exact) mass is 393 g/mol. The smallest absolute Gasteiger partial charge is 0.269 e. The van der Waals surface area contributed by atoms with E-state index in [-0.39, 0.29) is 16.8 Å². The van der Waals surface area contributed by atoms with Gasteiger partial charge in [-0.05, 0) is 19.4 Å². The van der Waals surface area contributed by atoms with Crippen molar-refractivity contribution in [2.24, 2.45) is 7.05 Å². The van der Waals surface area contributed by atoms with Crippen molar-refractivity contribution in [3.8, 4) is 0 Å². The second-order valence-electron chi connectivity index (χ2n) is 6.71. The zero-order chi connectivity index (χ0) is 19.8. The number of hydrogen-bond acceptors (Lipinski definition) is 6. The van der Waals surface area contributed by atoms with Crippen LogP contribution in [0.25, 0.3) is 0 Å². The van der Waals surface area contributed by atoms with Gasteiger partial charge >= 0.3 is 0 Å². The average molecular weight is 393 g/mol. The molecule has 1 aromatic heterocycles. The predicted molar refractivity (Wildman–Crippen MR) is 99.8 cm³/mol. The SMILES string of the molecule is Cc1nc(S(=O)(=O)N2CCN(C(C)c3cccc([N+](=O)[O-])c3)CC2)cn1C. The van der Waals surface area contributed by atoms with E-state index in [1.807, 2.05) is 13.0 Å². The van der Waals surface area contributed by atoms with E-state index in [4.69, 9.17) is 0 Å². The third-order valence-electron chi connectivity index (χ3n) is 5.08. The largest absolute Gasteiger partial charge is 0.337 e. The Hall–Kier alpha value is -2.30. The normalized spacial score (nSPS) is 17.7. The number of sulfonamides is 1. The molecule has 0 aliphatic carbocycles. The van der Waals surface area contributed by atoms with Crippen molar-refractivity contribution in [2.75, 3.05) is 26.2 Å². The fraction of sp³-hybridized carbons (Fsp3) is 0.471. The van der Waals surface area contributed by atoms with Crippen LogP contribution < -0.4 is 0 Å². The molecule has 0 N–H and O–H groups in total. The first kappa shape index (κ1) is 19.5. The first-order valence-corrected chi connectivity index (χ1v) is 10.1. The van der Waals surface area contributed by atoms with Gasteiger partial charge in [0, 0.05) is 57.6 Å². The molecule has 10 heteroatoms. The highest BCUT2D eigenvalue weighted by atomic mass is 32.2. The van der Waals surface area contributed by atoms with Crippen LogP contribution >= 0.6 is 0 Å². The molecule has 1 fully saturated rings. The van der Waals surface area contributed by atoms with Gasteiger partial charge < -0.3 is 4.57 Å². The lowest BCUT2D eigenvalue weighted by Crippen LogP contribution is -2.49. The van der Waals surface area contributed by atoms with Gasteiger partial charge in [-0.25, -0.2) is 13.4 Å². The van der Waals surface area contributed by atoms with Gasteiger partial charge in [-0.1, -0.05) is 12.1 Å². The van der Waals surface area contributed by atoms with Gasteiger partial charge in [0.15, 0.2) is 5.03 Å². The fourth-order valence-corrected chi connectivity index (χ4v) is 4.67. The van der Waals surface area contributed by atoms with E-state index in [1.54, 1.807) is 30.7 Å². The second-order valence-corrected chi connectivity index (χ2v) is 8.59. The number of aromatic nitrogens is 2. The molecule has 1 unspecified atom stereocenters. The van der Waals surface area contributed by atoms with Gasteiger partial charge in [-0.2, -0.15) is 4.31 Å².